The molecule has 0 aromatic carbocycles. The molecule has 1 aromatic heterocycles. The number of aryl methyl sites for hydroxylation is 1. The van der Waals surface area contributed by atoms with Crippen LogP contribution in [0.3, 0.4) is 0 Å². The zero-order valence-corrected chi connectivity index (χ0v) is 14.3. The Bertz CT molecular complexity index is 617. The Morgan fingerprint density at radius 3 is 2.95 bits per heavy atom. The van der Waals surface area contributed by atoms with Crippen LogP contribution in [0.2, 0.25) is 0 Å². The largest absolute Gasteiger partial charge is 0.394 e. The molecule has 9 heteroatoms. The molecule has 2 N–H and O–H groups in total. The SMILES string of the molecule is CSS[C@H](C)OC1CC(n2cc(C)c(=O)[nH]c2=O)OC1CO. The fraction of sp³-hybridized carbons (Fsp3) is 0.692. The topological polar surface area (TPSA) is 93.6 Å². The summed E-state index contributed by atoms with van der Waals surface area (Å²) in [5.74, 6) is 0. The lowest BCUT2D eigenvalue weighted by Gasteiger charge is -2.20. The fourth-order valence-corrected chi connectivity index (χ4v) is 3.79. The molecule has 124 valence electrons. The second-order valence-corrected chi connectivity index (χ2v) is 7.80. The van der Waals surface area contributed by atoms with Gasteiger partial charge in [0.15, 0.2) is 0 Å². The van der Waals surface area contributed by atoms with Crippen molar-refractivity contribution >= 4 is 21.6 Å². The maximum Gasteiger partial charge on any atom is 0.330 e. The maximum atomic E-state index is 11.9. The van der Waals surface area contributed by atoms with Crippen molar-refractivity contribution < 1.29 is 14.6 Å². The molecule has 0 radical (unpaired) electrons. The van der Waals surface area contributed by atoms with E-state index in [1.54, 1.807) is 28.5 Å². The molecule has 0 aliphatic carbocycles. The predicted molar refractivity (Wildman–Crippen MR) is 87.1 cm³/mol. The average Bonchev–Trinajstić information content (AvgIpc) is 2.85. The minimum absolute atomic E-state index is 0.0505. The van der Waals surface area contributed by atoms with Crippen LogP contribution in [0.4, 0.5) is 0 Å². The van der Waals surface area contributed by atoms with Crippen LogP contribution < -0.4 is 11.2 Å². The van der Waals surface area contributed by atoms with Gasteiger partial charge in [0, 0.05) is 18.2 Å². The summed E-state index contributed by atoms with van der Waals surface area (Å²) in [4.78, 5) is 25.6. The first-order valence-corrected chi connectivity index (χ1v) is 9.51. The van der Waals surface area contributed by atoms with Crippen LogP contribution in [-0.4, -0.2) is 45.2 Å². The number of nitrogens with one attached hydrogen (secondary N) is 1. The van der Waals surface area contributed by atoms with Crippen molar-refractivity contribution in [2.45, 2.75) is 44.1 Å². The number of aromatic amines is 1. The quantitative estimate of drug-likeness (QED) is 0.582. The smallest absolute Gasteiger partial charge is 0.330 e. The van der Waals surface area contributed by atoms with Crippen LogP contribution >= 0.6 is 21.6 Å². The number of ether oxygens (including phenoxy) is 2. The van der Waals surface area contributed by atoms with E-state index < -0.39 is 23.6 Å². The molecular weight excluding hydrogens is 328 g/mol. The molecule has 3 unspecified atom stereocenters. The molecule has 0 saturated carbocycles. The number of aromatic nitrogens is 2. The van der Waals surface area contributed by atoms with E-state index in [-0.39, 0.29) is 18.1 Å². The first-order valence-electron chi connectivity index (χ1n) is 6.89. The predicted octanol–water partition coefficient (Wildman–Crippen LogP) is 0.867. The lowest BCUT2D eigenvalue weighted by molar-refractivity contribution is -0.0645. The van der Waals surface area contributed by atoms with Crippen LogP contribution in [-0.2, 0) is 9.47 Å². The summed E-state index contributed by atoms with van der Waals surface area (Å²) in [6.45, 7) is 3.37. The maximum absolute atomic E-state index is 11.9. The molecule has 4 atom stereocenters. The first kappa shape index (κ1) is 17.6. The highest BCUT2D eigenvalue weighted by molar-refractivity contribution is 8.76. The van der Waals surface area contributed by atoms with Gasteiger partial charge in [0.2, 0.25) is 0 Å². The Hall–Kier alpha value is -0.740. The number of hydrogen-bond donors (Lipinski definition) is 2. The van der Waals surface area contributed by atoms with Crippen LogP contribution in [0, 0.1) is 6.92 Å². The molecule has 7 nitrogen and oxygen atoms in total. The second-order valence-electron chi connectivity index (χ2n) is 5.03. The molecule has 1 saturated heterocycles. The van der Waals surface area contributed by atoms with E-state index >= 15 is 0 Å². The van der Waals surface area contributed by atoms with Crippen LogP contribution in [0.15, 0.2) is 15.8 Å². The van der Waals surface area contributed by atoms with Gasteiger partial charge >= 0.3 is 5.69 Å². The van der Waals surface area contributed by atoms with E-state index in [0.717, 1.165) is 0 Å². The molecule has 1 aromatic rings. The summed E-state index contributed by atoms with van der Waals surface area (Å²) in [7, 11) is 3.17. The Labute approximate surface area is 135 Å². The van der Waals surface area contributed by atoms with Crippen molar-refractivity contribution in [2.24, 2.45) is 0 Å². The van der Waals surface area contributed by atoms with Crippen LogP contribution in [0.5, 0.6) is 0 Å². The van der Waals surface area contributed by atoms with E-state index in [1.807, 2.05) is 13.2 Å². The van der Waals surface area contributed by atoms with Gasteiger partial charge in [-0.15, -0.1) is 0 Å². The summed E-state index contributed by atoms with van der Waals surface area (Å²) < 4.78 is 12.9. The van der Waals surface area contributed by atoms with Crippen LogP contribution in [0.1, 0.15) is 25.1 Å². The van der Waals surface area contributed by atoms with Gasteiger partial charge < -0.3 is 14.6 Å². The summed E-state index contributed by atoms with van der Waals surface area (Å²) in [6, 6.07) is 0. The number of H-pyrrole nitrogens is 1. The number of aliphatic hydroxyl groups is 1. The molecule has 0 bridgehead atoms. The lowest BCUT2D eigenvalue weighted by atomic mass is 10.2. The standard InChI is InChI=1S/C13H20N2O5S2/c1-7-5-15(13(18)14-12(7)17)11-4-9(10(6-16)20-11)19-8(2)22-21-3/h5,8-11,16H,4,6H2,1-3H3,(H,14,17,18)/t8-,9?,10?,11?/m1/s1. The number of nitrogens with zero attached hydrogens (tertiary/aromatic N) is 1. The van der Waals surface area contributed by atoms with Crippen molar-refractivity contribution in [3.8, 4) is 0 Å². The zero-order valence-electron chi connectivity index (χ0n) is 12.6. The van der Waals surface area contributed by atoms with E-state index in [1.165, 1.54) is 10.8 Å². The zero-order chi connectivity index (χ0) is 16.3. The third-order valence-corrected chi connectivity index (χ3v) is 5.38. The van der Waals surface area contributed by atoms with Crippen molar-refractivity contribution in [2.75, 3.05) is 12.9 Å². The molecule has 2 heterocycles. The lowest BCUT2D eigenvalue weighted by Crippen LogP contribution is -2.33. The average molecular weight is 348 g/mol. The molecular formula is C13H20N2O5S2. The molecule has 0 spiro atoms. The normalized spacial score (nSPS) is 26.3. The summed E-state index contributed by atoms with van der Waals surface area (Å²) in [5, 5.41) is 9.45. The molecule has 22 heavy (non-hydrogen) atoms. The Balaban J connectivity index is 2.16. The van der Waals surface area contributed by atoms with E-state index in [0.29, 0.717) is 12.0 Å². The third-order valence-electron chi connectivity index (χ3n) is 3.41. The highest BCUT2D eigenvalue weighted by Gasteiger charge is 2.38. The van der Waals surface area contributed by atoms with Gasteiger partial charge in [-0.25, -0.2) is 4.79 Å². The highest BCUT2D eigenvalue weighted by Crippen LogP contribution is 2.33. The molecule has 1 fully saturated rings. The van der Waals surface area contributed by atoms with E-state index in [2.05, 4.69) is 4.98 Å². The summed E-state index contributed by atoms with van der Waals surface area (Å²) in [6.07, 6.45) is 2.53. The van der Waals surface area contributed by atoms with Gasteiger partial charge in [0.25, 0.3) is 5.56 Å². The number of aliphatic hydroxyl groups excluding tert-OH is 1. The Kier molecular flexibility index (Phi) is 6.16. The van der Waals surface area contributed by atoms with Crippen molar-refractivity contribution in [1.82, 2.24) is 9.55 Å². The van der Waals surface area contributed by atoms with Crippen molar-refractivity contribution in [3.05, 3.63) is 32.6 Å². The van der Waals surface area contributed by atoms with E-state index in [4.69, 9.17) is 9.47 Å². The second kappa shape index (κ2) is 7.69. The fourth-order valence-electron chi connectivity index (χ4n) is 2.38. The van der Waals surface area contributed by atoms with Gasteiger partial charge in [-0.1, -0.05) is 21.6 Å². The van der Waals surface area contributed by atoms with E-state index in [9.17, 15) is 14.7 Å². The number of rotatable bonds is 6. The minimum atomic E-state index is -0.559. The van der Waals surface area contributed by atoms with Gasteiger partial charge in [-0.2, -0.15) is 0 Å². The summed E-state index contributed by atoms with van der Waals surface area (Å²) in [5.41, 5.74) is -0.551. The molecule has 1 aliphatic rings. The van der Waals surface area contributed by atoms with Crippen LogP contribution in [0.25, 0.3) is 0 Å². The Morgan fingerprint density at radius 1 is 1.59 bits per heavy atom. The number of hydrogen-bond acceptors (Lipinski definition) is 7. The first-order chi connectivity index (χ1) is 10.5. The van der Waals surface area contributed by atoms with Gasteiger partial charge in [-0.3, -0.25) is 14.3 Å². The highest BCUT2D eigenvalue weighted by atomic mass is 33.1. The van der Waals surface area contributed by atoms with Crippen molar-refractivity contribution in [1.29, 1.82) is 0 Å². The Morgan fingerprint density at radius 2 is 2.32 bits per heavy atom. The van der Waals surface area contributed by atoms with Gasteiger partial charge in [0.1, 0.15) is 17.8 Å². The van der Waals surface area contributed by atoms with Gasteiger partial charge in [0.05, 0.1) is 12.7 Å². The molecule has 1 aliphatic heterocycles. The minimum Gasteiger partial charge on any atom is -0.394 e. The molecule has 0 amide bonds. The van der Waals surface area contributed by atoms with Gasteiger partial charge in [-0.05, 0) is 20.1 Å². The molecule has 2 rings (SSSR count). The summed E-state index contributed by atoms with van der Waals surface area (Å²) >= 11 is 0. The third kappa shape index (κ3) is 3.96. The monoisotopic (exact) mass is 348 g/mol. The van der Waals surface area contributed by atoms with Crippen molar-refractivity contribution in [3.63, 3.8) is 0 Å².